The largest absolute Gasteiger partial charge is 0.453 e. The van der Waals surface area contributed by atoms with Crippen LogP contribution in [0.5, 0.6) is 0 Å². The van der Waals surface area contributed by atoms with E-state index in [1.807, 2.05) is 0 Å². The third kappa shape index (κ3) is 2.60. The van der Waals surface area contributed by atoms with Gasteiger partial charge in [0, 0.05) is 31.8 Å². The van der Waals surface area contributed by atoms with Crippen molar-refractivity contribution in [3.8, 4) is 0 Å². The number of carbonyl (C=O) groups is 1. The number of nitrogens with zero attached hydrogens (tertiary/aromatic N) is 1. The first-order valence-electron chi connectivity index (χ1n) is 5.46. The van der Waals surface area contributed by atoms with E-state index in [-0.39, 0.29) is 6.09 Å². The lowest BCUT2D eigenvalue weighted by molar-refractivity contribution is 0.131. The van der Waals surface area contributed by atoms with Gasteiger partial charge in [-0.3, -0.25) is 0 Å². The molecule has 0 saturated carbocycles. The van der Waals surface area contributed by atoms with Crippen molar-refractivity contribution >= 4 is 6.09 Å². The lowest BCUT2D eigenvalue weighted by atomic mass is 10.2. The van der Waals surface area contributed by atoms with E-state index in [2.05, 4.69) is 10.1 Å². The molecule has 0 aliphatic carbocycles. The first kappa shape index (κ1) is 10.7. The summed E-state index contributed by atoms with van der Waals surface area (Å²) in [5, 5.41) is 3.51. The molecular formula is C10H18N2O3. The van der Waals surface area contributed by atoms with E-state index in [1.165, 1.54) is 7.11 Å². The van der Waals surface area contributed by atoms with E-state index in [9.17, 15) is 4.79 Å². The van der Waals surface area contributed by atoms with Crippen LogP contribution >= 0.6 is 0 Å². The fraction of sp³-hybridized carbons (Fsp3) is 0.900. The van der Waals surface area contributed by atoms with Crippen LogP contribution in [0.1, 0.15) is 12.8 Å². The fourth-order valence-electron chi connectivity index (χ4n) is 2.19. The van der Waals surface area contributed by atoms with E-state index in [0.717, 1.165) is 39.1 Å². The number of ether oxygens (including phenoxy) is 2. The molecule has 5 heteroatoms. The molecule has 0 aromatic carbocycles. The first-order valence-corrected chi connectivity index (χ1v) is 5.46. The second-order valence-corrected chi connectivity index (χ2v) is 4.13. The quantitative estimate of drug-likeness (QED) is 0.713. The van der Waals surface area contributed by atoms with Gasteiger partial charge in [0.2, 0.25) is 0 Å². The summed E-state index contributed by atoms with van der Waals surface area (Å²) in [4.78, 5) is 13.0. The van der Waals surface area contributed by atoms with Crippen molar-refractivity contribution in [3.05, 3.63) is 0 Å². The lowest BCUT2D eigenvalue weighted by Gasteiger charge is -2.18. The SMILES string of the molecule is COC(=O)N1CCC(NC2CCOC2)C1. The van der Waals surface area contributed by atoms with Gasteiger partial charge in [-0.15, -0.1) is 0 Å². The van der Waals surface area contributed by atoms with Gasteiger partial charge < -0.3 is 19.7 Å². The Morgan fingerprint density at radius 3 is 3.00 bits per heavy atom. The monoisotopic (exact) mass is 214 g/mol. The Morgan fingerprint density at radius 1 is 1.47 bits per heavy atom. The average molecular weight is 214 g/mol. The summed E-state index contributed by atoms with van der Waals surface area (Å²) < 4.78 is 9.98. The van der Waals surface area contributed by atoms with E-state index >= 15 is 0 Å². The Labute approximate surface area is 89.7 Å². The van der Waals surface area contributed by atoms with Crippen LogP contribution in [0, 0.1) is 0 Å². The summed E-state index contributed by atoms with van der Waals surface area (Å²) in [6.45, 7) is 3.20. The zero-order valence-corrected chi connectivity index (χ0v) is 9.07. The van der Waals surface area contributed by atoms with Crippen LogP contribution < -0.4 is 5.32 Å². The number of likely N-dealkylation sites (tertiary alicyclic amines) is 1. The molecule has 0 spiro atoms. The molecule has 2 fully saturated rings. The lowest BCUT2D eigenvalue weighted by Crippen LogP contribution is -2.41. The minimum absolute atomic E-state index is 0.220. The van der Waals surface area contributed by atoms with Crippen molar-refractivity contribution in [3.63, 3.8) is 0 Å². The normalized spacial score (nSPS) is 30.9. The molecule has 2 aliphatic heterocycles. The van der Waals surface area contributed by atoms with Crippen LogP contribution in [0.3, 0.4) is 0 Å². The predicted molar refractivity (Wildman–Crippen MR) is 54.7 cm³/mol. The van der Waals surface area contributed by atoms with Gasteiger partial charge in [0.05, 0.1) is 13.7 Å². The smallest absolute Gasteiger partial charge is 0.409 e. The second kappa shape index (κ2) is 4.81. The van der Waals surface area contributed by atoms with Gasteiger partial charge in [-0.2, -0.15) is 0 Å². The van der Waals surface area contributed by atoms with Gasteiger partial charge in [0.1, 0.15) is 0 Å². The highest BCUT2D eigenvalue weighted by atomic mass is 16.5. The van der Waals surface area contributed by atoms with Gasteiger partial charge in [-0.05, 0) is 12.8 Å². The van der Waals surface area contributed by atoms with E-state index in [1.54, 1.807) is 4.90 Å². The molecule has 1 N–H and O–H groups in total. The predicted octanol–water partition coefficient (Wildman–Crippen LogP) is 0.206. The minimum Gasteiger partial charge on any atom is -0.453 e. The number of hydrogen-bond donors (Lipinski definition) is 1. The molecule has 2 atom stereocenters. The van der Waals surface area contributed by atoms with E-state index in [0.29, 0.717) is 12.1 Å². The topological polar surface area (TPSA) is 50.8 Å². The molecule has 0 aromatic rings. The number of methoxy groups -OCH3 is 1. The molecule has 2 aliphatic rings. The number of rotatable bonds is 2. The summed E-state index contributed by atoms with van der Waals surface area (Å²) >= 11 is 0. The Kier molecular flexibility index (Phi) is 3.43. The Hall–Kier alpha value is -0.810. The molecular weight excluding hydrogens is 196 g/mol. The number of nitrogens with one attached hydrogen (secondary N) is 1. The van der Waals surface area contributed by atoms with Crippen LogP contribution in [-0.4, -0.2) is 56.5 Å². The van der Waals surface area contributed by atoms with Crippen molar-refractivity contribution in [1.82, 2.24) is 10.2 Å². The Morgan fingerprint density at radius 2 is 2.33 bits per heavy atom. The standard InChI is InChI=1S/C10H18N2O3/c1-14-10(13)12-4-2-8(6-12)11-9-3-5-15-7-9/h8-9,11H,2-7H2,1H3. The maximum atomic E-state index is 11.2. The summed E-state index contributed by atoms with van der Waals surface area (Å²) in [5.74, 6) is 0. The maximum Gasteiger partial charge on any atom is 0.409 e. The zero-order valence-electron chi connectivity index (χ0n) is 9.07. The minimum atomic E-state index is -0.220. The maximum absolute atomic E-state index is 11.2. The van der Waals surface area contributed by atoms with Crippen molar-refractivity contribution in [1.29, 1.82) is 0 Å². The zero-order chi connectivity index (χ0) is 10.7. The molecule has 1 amide bonds. The van der Waals surface area contributed by atoms with Gasteiger partial charge >= 0.3 is 6.09 Å². The van der Waals surface area contributed by atoms with Crippen LogP contribution in [0.2, 0.25) is 0 Å². The molecule has 15 heavy (non-hydrogen) atoms. The van der Waals surface area contributed by atoms with Crippen LogP contribution in [0.25, 0.3) is 0 Å². The van der Waals surface area contributed by atoms with Crippen molar-refractivity contribution < 1.29 is 14.3 Å². The molecule has 2 heterocycles. The summed E-state index contributed by atoms with van der Waals surface area (Å²) in [7, 11) is 1.42. The molecule has 0 radical (unpaired) electrons. The summed E-state index contributed by atoms with van der Waals surface area (Å²) in [5.41, 5.74) is 0. The fourth-order valence-corrected chi connectivity index (χ4v) is 2.19. The van der Waals surface area contributed by atoms with Crippen molar-refractivity contribution in [2.24, 2.45) is 0 Å². The highest BCUT2D eigenvalue weighted by Crippen LogP contribution is 2.13. The first-order chi connectivity index (χ1) is 7.29. The number of amides is 1. The highest BCUT2D eigenvalue weighted by molar-refractivity contribution is 5.67. The average Bonchev–Trinajstić information content (AvgIpc) is 2.88. The van der Waals surface area contributed by atoms with Gasteiger partial charge in [0.15, 0.2) is 0 Å². The molecule has 2 saturated heterocycles. The van der Waals surface area contributed by atoms with Gasteiger partial charge in [-0.25, -0.2) is 4.79 Å². The van der Waals surface area contributed by atoms with Crippen molar-refractivity contribution in [2.45, 2.75) is 24.9 Å². The Bertz CT molecular complexity index is 229. The van der Waals surface area contributed by atoms with Crippen LogP contribution in [0.15, 0.2) is 0 Å². The molecule has 5 nitrogen and oxygen atoms in total. The van der Waals surface area contributed by atoms with Gasteiger partial charge in [-0.1, -0.05) is 0 Å². The van der Waals surface area contributed by atoms with E-state index in [4.69, 9.17) is 4.74 Å². The Balaban J connectivity index is 1.74. The van der Waals surface area contributed by atoms with Crippen LogP contribution in [0.4, 0.5) is 4.79 Å². The third-order valence-electron chi connectivity index (χ3n) is 3.02. The summed E-state index contributed by atoms with van der Waals surface area (Å²) in [6.07, 6.45) is 1.86. The van der Waals surface area contributed by atoms with Gasteiger partial charge in [0.25, 0.3) is 0 Å². The molecule has 2 rings (SSSR count). The second-order valence-electron chi connectivity index (χ2n) is 4.13. The molecule has 86 valence electrons. The third-order valence-corrected chi connectivity index (χ3v) is 3.02. The highest BCUT2D eigenvalue weighted by Gasteiger charge is 2.29. The van der Waals surface area contributed by atoms with Crippen molar-refractivity contribution in [2.75, 3.05) is 33.4 Å². The molecule has 2 unspecified atom stereocenters. The number of hydrogen-bond acceptors (Lipinski definition) is 4. The molecule has 0 bridgehead atoms. The summed E-state index contributed by atoms with van der Waals surface area (Å²) in [6, 6.07) is 0.864. The number of carbonyl (C=O) groups excluding carboxylic acids is 1. The molecule has 0 aromatic heterocycles. The van der Waals surface area contributed by atoms with E-state index < -0.39 is 0 Å². The van der Waals surface area contributed by atoms with Crippen LogP contribution in [-0.2, 0) is 9.47 Å².